The minimum absolute atomic E-state index is 0.0116. The number of aromatic hydroxyl groups is 1. The zero-order valence-corrected chi connectivity index (χ0v) is 27.6. The van der Waals surface area contributed by atoms with Gasteiger partial charge in [0.05, 0.1) is 30.5 Å². The monoisotopic (exact) mass is 665 g/mol. The second-order valence-corrected chi connectivity index (χ2v) is 13.7. The zero-order chi connectivity index (χ0) is 33.5. The highest BCUT2D eigenvalue weighted by Crippen LogP contribution is 2.64. The molecule has 2 unspecified atom stereocenters. The van der Waals surface area contributed by atoms with E-state index in [0.29, 0.717) is 51.7 Å². The Bertz CT molecular complexity index is 1760. The third kappa shape index (κ3) is 4.62. The molecule has 5 aliphatic heterocycles. The van der Waals surface area contributed by atoms with Gasteiger partial charge in [-0.1, -0.05) is 6.07 Å². The Morgan fingerprint density at radius 1 is 1.09 bits per heavy atom. The Balaban J connectivity index is 1.54. The first kappa shape index (κ1) is 31.4. The summed E-state index contributed by atoms with van der Waals surface area (Å²) in [5.74, 6) is -0.307. The van der Waals surface area contributed by atoms with Crippen LogP contribution in [0.3, 0.4) is 0 Å². The quantitative estimate of drug-likeness (QED) is 0.377. The number of carbonyl (C=O) groups excluding carboxylic acids is 3. The number of likely N-dealkylation sites (N-methyl/N-ethyl adjacent to an activating group) is 1. The minimum Gasteiger partial charge on any atom is -0.504 e. The number of benzene rings is 2. The predicted octanol–water partition coefficient (Wildman–Crippen LogP) is 3.16. The van der Waals surface area contributed by atoms with Gasteiger partial charge in [0.2, 0.25) is 12.9 Å². The summed E-state index contributed by atoms with van der Waals surface area (Å²) in [4.78, 5) is 42.3. The number of fused-ring (bicyclic) bond motifs is 9. The number of hydrogen-bond acceptors (Lipinski definition) is 14. The average molecular weight is 666 g/mol. The van der Waals surface area contributed by atoms with Crippen LogP contribution in [0.25, 0.3) is 0 Å². The molecule has 2 aromatic carbocycles. The number of aryl methyl sites for hydroxylation is 1. The standard InChI is InChI=1S/C33H35N3O10S/c1-13-7-17-8-18-19(9-34)36-20-10-42-33(40)21(45-15(3)37)11-47-32(26(36)25(35(18)5)22(17)27(39)28(13)41-6)24-23(20)31-30(43-12-44-31)14(2)29(24)46-16(4)38/h7,18-21,25-26,32,39H,8,10-12H2,1-6H3/t18-,19-,20-,21?,25+,26?,32+/m0/s1. The van der Waals surface area contributed by atoms with Crippen molar-refractivity contribution in [3.8, 4) is 34.8 Å². The van der Waals surface area contributed by atoms with Crippen molar-refractivity contribution >= 4 is 29.7 Å². The van der Waals surface area contributed by atoms with Crippen LogP contribution in [0.15, 0.2) is 6.07 Å². The Labute approximate surface area is 275 Å². The number of cyclic esters (lactones) is 1. The van der Waals surface area contributed by atoms with Crippen LogP contribution >= 0.6 is 11.8 Å². The maximum Gasteiger partial charge on any atom is 0.348 e. The third-order valence-electron chi connectivity index (χ3n) is 9.93. The Morgan fingerprint density at radius 3 is 2.51 bits per heavy atom. The number of hydrogen-bond donors (Lipinski definition) is 1. The molecule has 13 nitrogen and oxygen atoms in total. The molecule has 0 aliphatic carbocycles. The minimum atomic E-state index is -1.20. The van der Waals surface area contributed by atoms with Crippen LogP contribution in [-0.4, -0.2) is 90.4 Å². The van der Waals surface area contributed by atoms with Crippen molar-refractivity contribution < 1.29 is 47.9 Å². The highest BCUT2D eigenvalue weighted by molar-refractivity contribution is 7.99. The molecule has 5 heterocycles. The molecule has 0 radical (unpaired) electrons. The molecule has 1 N–H and O–H groups in total. The molecule has 7 rings (SSSR count). The summed E-state index contributed by atoms with van der Waals surface area (Å²) in [6, 6.07) is 1.84. The SMILES string of the molecule is COc1c(C)cc2c(c1O)[C@@H]1C3[C@@H]4SCC(OC(C)=O)C(=O)OC[C@@H](c5c6c(c(C)c(OC(C)=O)c54)OCO6)N3[C@@H](C#N)[C@H](C2)N1C. The van der Waals surface area contributed by atoms with E-state index in [1.165, 1.54) is 32.7 Å². The van der Waals surface area contributed by atoms with Crippen molar-refractivity contribution in [3.63, 3.8) is 0 Å². The van der Waals surface area contributed by atoms with E-state index in [-0.39, 0.29) is 30.9 Å². The van der Waals surface area contributed by atoms with Crippen LogP contribution in [0.2, 0.25) is 0 Å². The van der Waals surface area contributed by atoms with E-state index in [1.807, 2.05) is 20.0 Å². The van der Waals surface area contributed by atoms with Gasteiger partial charge in [-0.3, -0.25) is 19.4 Å². The molecule has 14 heteroatoms. The van der Waals surface area contributed by atoms with Crippen molar-refractivity contribution in [2.24, 2.45) is 0 Å². The summed E-state index contributed by atoms with van der Waals surface area (Å²) in [5, 5.41) is 22.1. The topological polar surface area (TPSA) is 157 Å². The van der Waals surface area contributed by atoms with Gasteiger partial charge in [0.25, 0.3) is 0 Å². The largest absolute Gasteiger partial charge is 0.504 e. The van der Waals surface area contributed by atoms with E-state index in [4.69, 9.17) is 28.4 Å². The molecule has 0 spiro atoms. The Morgan fingerprint density at radius 2 is 1.83 bits per heavy atom. The van der Waals surface area contributed by atoms with Crippen LogP contribution < -0.4 is 18.9 Å². The lowest BCUT2D eigenvalue weighted by Crippen LogP contribution is -2.69. The lowest BCUT2D eigenvalue weighted by atomic mass is 9.71. The van der Waals surface area contributed by atoms with Gasteiger partial charge in [-0.05, 0) is 38.4 Å². The maximum absolute atomic E-state index is 13.3. The molecular formula is C33H35N3O10S. The summed E-state index contributed by atoms with van der Waals surface area (Å²) < 4.78 is 34.9. The summed E-state index contributed by atoms with van der Waals surface area (Å²) >= 11 is 1.33. The first-order valence-corrected chi connectivity index (χ1v) is 16.4. The third-order valence-corrected chi connectivity index (χ3v) is 11.3. The predicted molar refractivity (Wildman–Crippen MR) is 165 cm³/mol. The van der Waals surface area contributed by atoms with E-state index in [9.17, 15) is 24.8 Å². The molecule has 4 bridgehead atoms. The molecule has 2 fully saturated rings. The number of nitrogens with zero attached hydrogens (tertiary/aromatic N) is 3. The van der Waals surface area contributed by atoms with Crippen LogP contribution in [-0.2, 0) is 30.3 Å². The molecule has 47 heavy (non-hydrogen) atoms. The smallest absolute Gasteiger partial charge is 0.348 e. The number of phenols is 1. The second kappa shape index (κ2) is 11.5. The fraction of sp³-hybridized carbons (Fsp3) is 0.515. The zero-order valence-electron chi connectivity index (χ0n) is 26.8. The Hall–Kier alpha value is -4.19. The molecule has 2 aromatic rings. The van der Waals surface area contributed by atoms with Gasteiger partial charge in [0, 0.05) is 53.9 Å². The van der Waals surface area contributed by atoms with Gasteiger partial charge < -0.3 is 33.5 Å². The fourth-order valence-electron chi connectivity index (χ4n) is 8.23. The van der Waals surface area contributed by atoms with Gasteiger partial charge in [0.1, 0.15) is 18.4 Å². The van der Waals surface area contributed by atoms with Gasteiger partial charge in [-0.2, -0.15) is 5.26 Å². The second-order valence-electron chi connectivity index (χ2n) is 12.5. The van der Waals surface area contributed by atoms with E-state index in [1.54, 1.807) is 6.92 Å². The van der Waals surface area contributed by atoms with Gasteiger partial charge in [-0.25, -0.2) is 4.79 Å². The number of nitriles is 1. The van der Waals surface area contributed by atoms with Crippen molar-refractivity contribution in [3.05, 3.63) is 39.4 Å². The van der Waals surface area contributed by atoms with Crippen molar-refractivity contribution in [2.45, 2.75) is 75.7 Å². The highest BCUT2D eigenvalue weighted by Gasteiger charge is 2.60. The van der Waals surface area contributed by atoms with Crippen LogP contribution in [0, 0.1) is 25.2 Å². The van der Waals surface area contributed by atoms with Gasteiger partial charge in [-0.15, -0.1) is 11.8 Å². The number of phenolic OH excluding ortho intramolecular Hbond substituents is 1. The summed E-state index contributed by atoms with van der Waals surface area (Å²) in [7, 11) is 3.46. The van der Waals surface area contributed by atoms with E-state index in [2.05, 4.69) is 15.9 Å². The maximum atomic E-state index is 13.3. The number of ether oxygens (including phenoxy) is 6. The van der Waals surface area contributed by atoms with Crippen molar-refractivity contribution in [1.82, 2.24) is 9.80 Å². The number of esters is 3. The molecular weight excluding hydrogens is 630 g/mol. The molecule has 0 aromatic heterocycles. The van der Waals surface area contributed by atoms with Crippen LogP contribution in [0.1, 0.15) is 64.6 Å². The lowest BCUT2D eigenvalue weighted by molar-refractivity contribution is -0.168. The Kier molecular flexibility index (Phi) is 7.69. The molecule has 2 saturated heterocycles. The number of piperazine rings is 1. The normalized spacial score (nSPS) is 29.0. The molecule has 0 amide bonds. The van der Waals surface area contributed by atoms with Crippen molar-refractivity contribution in [2.75, 3.05) is 33.3 Å². The van der Waals surface area contributed by atoms with Crippen LogP contribution in [0.4, 0.5) is 0 Å². The average Bonchev–Trinajstić information content (AvgIpc) is 3.50. The first-order chi connectivity index (χ1) is 22.5. The summed E-state index contributed by atoms with van der Waals surface area (Å²) in [5.41, 5.74) is 4.20. The molecule has 0 saturated carbocycles. The van der Waals surface area contributed by atoms with Crippen LogP contribution in [0.5, 0.6) is 28.7 Å². The van der Waals surface area contributed by atoms with E-state index in [0.717, 1.165) is 11.1 Å². The van der Waals surface area contributed by atoms with Crippen molar-refractivity contribution in [1.29, 1.82) is 5.26 Å². The highest BCUT2D eigenvalue weighted by atomic mass is 32.2. The number of methoxy groups -OCH3 is 1. The molecule has 5 aliphatic rings. The van der Waals surface area contributed by atoms with Gasteiger partial charge >= 0.3 is 17.9 Å². The number of rotatable bonds is 3. The fourth-order valence-corrected chi connectivity index (χ4v) is 9.71. The molecule has 7 atom stereocenters. The number of thioether (sulfide) groups is 1. The molecule has 248 valence electrons. The summed E-state index contributed by atoms with van der Waals surface area (Å²) in [6.07, 6.45) is -0.713. The lowest BCUT2D eigenvalue weighted by Gasteiger charge is -2.61. The first-order valence-electron chi connectivity index (χ1n) is 15.4. The number of carbonyl (C=O) groups is 3. The van der Waals surface area contributed by atoms with Gasteiger partial charge in [0.15, 0.2) is 23.0 Å². The van der Waals surface area contributed by atoms with E-state index >= 15 is 0 Å². The summed E-state index contributed by atoms with van der Waals surface area (Å²) in [6.45, 7) is 5.94. The van der Waals surface area contributed by atoms with E-state index < -0.39 is 53.4 Å².